The van der Waals surface area contributed by atoms with Gasteiger partial charge < -0.3 is 4.74 Å². The highest BCUT2D eigenvalue weighted by Gasteiger charge is 2.26. The summed E-state index contributed by atoms with van der Waals surface area (Å²) >= 11 is 0. The van der Waals surface area contributed by atoms with E-state index < -0.39 is 29.4 Å². The highest BCUT2D eigenvalue weighted by molar-refractivity contribution is 5.71. The predicted octanol–water partition coefficient (Wildman–Crippen LogP) is 8.18. The Bertz CT molecular complexity index is 1150. The topological polar surface area (TPSA) is 9.23 Å². The lowest BCUT2D eigenvalue weighted by Crippen LogP contribution is -2.20. The minimum absolute atomic E-state index is 0.104. The maximum absolute atomic E-state index is 14.9. The molecular weight excluding hydrogens is 428 g/mol. The molecule has 1 aliphatic rings. The van der Waals surface area contributed by atoms with Crippen molar-refractivity contribution in [2.45, 2.75) is 38.7 Å². The molecule has 3 aromatic carbocycles. The zero-order valence-corrected chi connectivity index (χ0v) is 18.5. The molecule has 33 heavy (non-hydrogen) atoms. The van der Waals surface area contributed by atoms with Gasteiger partial charge in [-0.2, -0.15) is 0 Å². The van der Waals surface area contributed by atoms with E-state index >= 15 is 0 Å². The van der Waals surface area contributed by atoms with Crippen LogP contribution in [0.5, 0.6) is 0 Å². The maximum Gasteiger partial charge on any atom is 0.167 e. The zero-order chi connectivity index (χ0) is 23.5. The lowest BCUT2D eigenvalue weighted by atomic mass is 9.92. The molecule has 2 unspecified atom stereocenters. The minimum atomic E-state index is -0.948. The van der Waals surface area contributed by atoms with Crippen LogP contribution in [0.2, 0.25) is 0 Å². The van der Waals surface area contributed by atoms with E-state index in [1.54, 1.807) is 42.5 Å². The third kappa shape index (κ3) is 4.60. The Kier molecular flexibility index (Phi) is 6.99. The highest BCUT2D eigenvalue weighted by atomic mass is 19.2. The summed E-state index contributed by atoms with van der Waals surface area (Å²) in [4.78, 5) is 0. The zero-order valence-electron chi connectivity index (χ0n) is 18.5. The van der Waals surface area contributed by atoms with Crippen molar-refractivity contribution in [1.29, 1.82) is 0 Å². The molecule has 0 radical (unpaired) electrons. The first kappa shape index (κ1) is 23.2. The van der Waals surface area contributed by atoms with Crippen LogP contribution in [0.15, 0.2) is 61.2 Å². The van der Waals surface area contributed by atoms with E-state index in [2.05, 4.69) is 6.58 Å². The van der Waals surface area contributed by atoms with Crippen LogP contribution in [-0.4, -0.2) is 6.61 Å². The second-order valence-electron chi connectivity index (χ2n) is 8.45. The summed E-state index contributed by atoms with van der Waals surface area (Å²) in [5.41, 5.74) is 1.69. The molecule has 1 heterocycles. The average molecular weight is 455 g/mol. The van der Waals surface area contributed by atoms with Gasteiger partial charge in [-0.1, -0.05) is 68.0 Å². The van der Waals surface area contributed by atoms with E-state index in [0.717, 1.165) is 6.42 Å². The van der Waals surface area contributed by atoms with Crippen LogP contribution in [0.25, 0.3) is 22.3 Å². The quantitative estimate of drug-likeness (QED) is 0.270. The summed E-state index contributed by atoms with van der Waals surface area (Å²) in [6.45, 7) is 6.09. The Morgan fingerprint density at radius 1 is 0.818 bits per heavy atom. The normalized spacial score (nSPS) is 18.3. The Balaban J connectivity index is 1.59. The fourth-order valence-electron chi connectivity index (χ4n) is 4.34. The highest BCUT2D eigenvalue weighted by Crippen LogP contribution is 2.36. The number of benzene rings is 3. The van der Waals surface area contributed by atoms with Gasteiger partial charge in [-0.25, -0.2) is 17.6 Å². The summed E-state index contributed by atoms with van der Waals surface area (Å²) in [5, 5.41) is 0. The second kappa shape index (κ2) is 9.92. The van der Waals surface area contributed by atoms with E-state index in [1.165, 1.54) is 6.07 Å². The van der Waals surface area contributed by atoms with E-state index in [0.29, 0.717) is 42.6 Å². The number of halogens is 4. The molecular formula is C28H26F4O. The first-order chi connectivity index (χ1) is 15.9. The number of rotatable bonds is 6. The van der Waals surface area contributed by atoms with Crippen LogP contribution in [0.3, 0.4) is 0 Å². The van der Waals surface area contributed by atoms with Gasteiger partial charge in [-0.15, -0.1) is 6.58 Å². The number of aryl methyl sites for hydroxylation is 1. The fourth-order valence-corrected chi connectivity index (χ4v) is 4.34. The van der Waals surface area contributed by atoms with E-state index in [1.807, 2.05) is 13.0 Å². The summed E-state index contributed by atoms with van der Waals surface area (Å²) in [5.74, 6) is -3.38. The van der Waals surface area contributed by atoms with Gasteiger partial charge in [0.1, 0.15) is 0 Å². The molecule has 172 valence electrons. The van der Waals surface area contributed by atoms with Gasteiger partial charge >= 0.3 is 0 Å². The molecule has 0 saturated carbocycles. The fraction of sp³-hybridized carbons (Fsp3) is 0.286. The first-order valence-electron chi connectivity index (χ1n) is 11.2. The average Bonchev–Trinajstić information content (AvgIpc) is 2.84. The molecule has 0 aromatic heterocycles. The van der Waals surface area contributed by atoms with E-state index in [9.17, 15) is 17.6 Å². The molecule has 3 aromatic rings. The van der Waals surface area contributed by atoms with Gasteiger partial charge in [0, 0.05) is 22.6 Å². The maximum atomic E-state index is 14.9. The molecule has 5 heteroatoms. The van der Waals surface area contributed by atoms with E-state index in [4.69, 9.17) is 4.74 Å². The summed E-state index contributed by atoms with van der Waals surface area (Å²) in [6.07, 6.45) is 3.92. The van der Waals surface area contributed by atoms with Crippen molar-refractivity contribution in [3.63, 3.8) is 0 Å². The molecule has 1 fully saturated rings. The molecule has 4 rings (SSSR count). The predicted molar refractivity (Wildman–Crippen MR) is 123 cm³/mol. The van der Waals surface area contributed by atoms with Crippen molar-refractivity contribution >= 4 is 0 Å². The molecule has 0 bridgehead atoms. The lowest BCUT2D eigenvalue weighted by molar-refractivity contribution is -0.00732. The van der Waals surface area contributed by atoms with Crippen molar-refractivity contribution in [2.24, 2.45) is 5.92 Å². The van der Waals surface area contributed by atoms with Gasteiger partial charge in [0.05, 0.1) is 12.7 Å². The van der Waals surface area contributed by atoms with Crippen LogP contribution in [-0.2, 0) is 11.2 Å². The molecule has 1 saturated heterocycles. The molecule has 0 amide bonds. The Morgan fingerprint density at radius 2 is 1.42 bits per heavy atom. The Labute approximate surface area is 191 Å². The Morgan fingerprint density at radius 3 is 1.97 bits per heavy atom. The second-order valence-corrected chi connectivity index (χ2v) is 8.45. The summed E-state index contributed by atoms with van der Waals surface area (Å²) < 4.78 is 64.5. The van der Waals surface area contributed by atoms with Crippen molar-refractivity contribution in [1.82, 2.24) is 0 Å². The summed E-state index contributed by atoms with van der Waals surface area (Å²) in [6, 6.07) is 12.5. The standard InChI is InChI=1S/C28H26F4O/c1-3-5-20-11-12-21(26(30)25(20)29)18-7-9-19(10-8-18)22-13-14-23(28(32)27(22)31)24-15-6-17(4-2)16-33-24/h4,7-14,17,24H,2-3,5-6,15-16H2,1H3. The van der Waals surface area contributed by atoms with Gasteiger partial charge in [-0.3, -0.25) is 0 Å². The lowest BCUT2D eigenvalue weighted by Gasteiger charge is -2.28. The first-order valence-corrected chi connectivity index (χ1v) is 11.2. The van der Waals surface area contributed by atoms with Crippen LogP contribution in [0.4, 0.5) is 17.6 Å². The molecule has 2 atom stereocenters. The summed E-state index contributed by atoms with van der Waals surface area (Å²) in [7, 11) is 0. The molecule has 1 aliphatic heterocycles. The number of hydrogen-bond donors (Lipinski definition) is 0. The third-order valence-electron chi connectivity index (χ3n) is 6.29. The minimum Gasteiger partial charge on any atom is -0.373 e. The Hall–Kier alpha value is -2.92. The molecule has 0 aliphatic carbocycles. The number of ether oxygens (including phenoxy) is 1. The SMILES string of the molecule is C=CC1CCC(c2ccc(-c3ccc(-c4ccc(CCC)c(F)c4F)cc3)c(F)c2F)OC1. The van der Waals surface area contributed by atoms with Crippen molar-refractivity contribution in [3.8, 4) is 22.3 Å². The van der Waals surface area contributed by atoms with Crippen LogP contribution < -0.4 is 0 Å². The number of hydrogen-bond acceptors (Lipinski definition) is 1. The van der Waals surface area contributed by atoms with Crippen molar-refractivity contribution in [3.05, 3.63) is 95.6 Å². The van der Waals surface area contributed by atoms with E-state index in [-0.39, 0.29) is 22.6 Å². The van der Waals surface area contributed by atoms with Crippen LogP contribution >= 0.6 is 0 Å². The molecule has 0 N–H and O–H groups in total. The van der Waals surface area contributed by atoms with Gasteiger partial charge in [0.15, 0.2) is 23.3 Å². The van der Waals surface area contributed by atoms with Gasteiger partial charge in [-0.05, 0) is 36.0 Å². The van der Waals surface area contributed by atoms with Crippen molar-refractivity contribution < 1.29 is 22.3 Å². The third-order valence-corrected chi connectivity index (χ3v) is 6.29. The molecule has 0 spiro atoms. The van der Waals surface area contributed by atoms with Gasteiger partial charge in [0.25, 0.3) is 0 Å². The molecule has 1 nitrogen and oxygen atoms in total. The largest absolute Gasteiger partial charge is 0.373 e. The van der Waals surface area contributed by atoms with Crippen molar-refractivity contribution in [2.75, 3.05) is 6.61 Å². The van der Waals surface area contributed by atoms with Gasteiger partial charge in [0.2, 0.25) is 0 Å². The smallest absolute Gasteiger partial charge is 0.167 e. The van der Waals surface area contributed by atoms with Crippen LogP contribution in [0, 0.1) is 29.2 Å². The van der Waals surface area contributed by atoms with Crippen LogP contribution in [0.1, 0.15) is 43.4 Å². The monoisotopic (exact) mass is 454 g/mol.